The van der Waals surface area contributed by atoms with Gasteiger partial charge in [0.25, 0.3) is 0 Å². The summed E-state index contributed by atoms with van der Waals surface area (Å²) in [5.41, 5.74) is 0. The van der Waals surface area contributed by atoms with Crippen LogP contribution in [0.3, 0.4) is 0 Å². The number of hydrogen-bond donors (Lipinski definition) is 0. The number of hydrogen-bond acceptors (Lipinski definition) is 1. The van der Waals surface area contributed by atoms with Crippen LogP contribution in [0.15, 0.2) is 0 Å². The van der Waals surface area contributed by atoms with E-state index in [0.29, 0.717) is 0 Å². The van der Waals surface area contributed by atoms with Crippen molar-refractivity contribution >= 4 is 0 Å². The molecule has 1 aliphatic carbocycles. The molecule has 57 valence electrons. The lowest BCUT2D eigenvalue weighted by Gasteiger charge is -2.39. The van der Waals surface area contributed by atoms with Gasteiger partial charge in [0.15, 0.2) is 0 Å². The molecule has 1 radical (unpaired) electrons. The van der Waals surface area contributed by atoms with Gasteiger partial charge in [-0.3, -0.25) is 0 Å². The molecule has 0 aromatic heterocycles. The highest BCUT2D eigenvalue weighted by molar-refractivity contribution is 4.95. The minimum Gasteiger partial charge on any atom is -0.300 e. The second kappa shape index (κ2) is 2.91. The fraction of sp³-hybridized carbons (Fsp3) is 0.889. The number of piperidine rings is 1. The number of nitrogens with zero attached hydrogens (tertiary/aromatic N) is 1. The van der Waals surface area contributed by atoms with Gasteiger partial charge in [-0.15, -0.1) is 0 Å². The van der Waals surface area contributed by atoms with Gasteiger partial charge in [-0.25, -0.2) is 0 Å². The van der Waals surface area contributed by atoms with E-state index >= 15 is 0 Å². The smallest absolute Gasteiger partial charge is 0.0127 e. The van der Waals surface area contributed by atoms with Crippen molar-refractivity contribution < 1.29 is 0 Å². The molecule has 2 fully saturated rings. The van der Waals surface area contributed by atoms with Crippen molar-refractivity contribution in [2.45, 2.75) is 38.1 Å². The summed E-state index contributed by atoms with van der Waals surface area (Å²) in [6.07, 6.45) is 9.59. The normalized spacial score (nSPS) is 30.0. The Morgan fingerprint density at radius 2 is 1.80 bits per heavy atom. The van der Waals surface area contributed by atoms with E-state index in [0.717, 1.165) is 6.04 Å². The van der Waals surface area contributed by atoms with Crippen molar-refractivity contribution in [2.24, 2.45) is 0 Å². The van der Waals surface area contributed by atoms with E-state index in [1.54, 1.807) is 0 Å². The third-order valence-corrected chi connectivity index (χ3v) is 2.76. The lowest BCUT2D eigenvalue weighted by molar-refractivity contribution is 0.145. The Hall–Kier alpha value is -0.0400. The number of likely N-dealkylation sites (tertiary alicyclic amines) is 1. The largest absolute Gasteiger partial charge is 0.300 e. The molecule has 1 heteroatoms. The van der Waals surface area contributed by atoms with Gasteiger partial charge in [0.05, 0.1) is 0 Å². The molecule has 0 aromatic carbocycles. The maximum absolute atomic E-state index is 2.65. The van der Waals surface area contributed by atoms with Gasteiger partial charge in [-0.05, 0) is 45.2 Å². The van der Waals surface area contributed by atoms with Gasteiger partial charge in [-0.1, -0.05) is 6.42 Å². The fourth-order valence-corrected chi connectivity index (χ4v) is 1.90. The van der Waals surface area contributed by atoms with Crippen molar-refractivity contribution in [2.75, 3.05) is 13.1 Å². The second-order valence-electron chi connectivity index (χ2n) is 3.48. The van der Waals surface area contributed by atoms with Gasteiger partial charge >= 0.3 is 0 Å². The summed E-state index contributed by atoms with van der Waals surface area (Å²) in [4.78, 5) is 2.65. The summed E-state index contributed by atoms with van der Waals surface area (Å²) in [7, 11) is 0. The first-order chi connectivity index (χ1) is 4.97. The highest BCUT2D eigenvalue weighted by Crippen LogP contribution is 2.25. The zero-order chi connectivity index (χ0) is 6.81. The van der Waals surface area contributed by atoms with E-state index in [4.69, 9.17) is 0 Å². The van der Waals surface area contributed by atoms with Crippen LogP contribution in [0.1, 0.15) is 32.1 Å². The van der Waals surface area contributed by atoms with Crippen LogP contribution in [0.4, 0.5) is 0 Å². The predicted octanol–water partition coefficient (Wildman–Crippen LogP) is 1.84. The summed E-state index contributed by atoms with van der Waals surface area (Å²) in [6.45, 7) is 2.72. The Morgan fingerprint density at radius 3 is 2.30 bits per heavy atom. The van der Waals surface area contributed by atoms with Crippen LogP contribution in [0.5, 0.6) is 0 Å². The molecular formula is C9H16N. The lowest BCUT2D eigenvalue weighted by Crippen LogP contribution is -2.43. The van der Waals surface area contributed by atoms with Gasteiger partial charge in [-0.2, -0.15) is 0 Å². The Balaban J connectivity index is 1.78. The Labute approximate surface area is 63.4 Å². The highest BCUT2D eigenvalue weighted by atomic mass is 15.2. The van der Waals surface area contributed by atoms with Crippen LogP contribution in [0.25, 0.3) is 0 Å². The van der Waals surface area contributed by atoms with Crippen molar-refractivity contribution in [1.82, 2.24) is 4.90 Å². The van der Waals surface area contributed by atoms with E-state index in [-0.39, 0.29) is 0 Å². The second-order valence-corrected chi connectivity index (χ2v) is 3.48. The third-order valence-electron chi connectivity index (χ3n) is 2.76. The molecule has 10 heavy (non-hydrogen) atoms. The zero-order valence-corrected chi connectivity index (χ0v) is 6.55. The molecule has 0 N–H and O–H groups in total. The molecule has 1 unspecified atom stereocenters. The molecule has 1 nitrogen and oxygen atoms in total. The highest BCUT2D eigenvalue weighted by Gasteiger charge is 2.25. The minimum absolute atomic E-state index is 0.875. The molecule has 0 bridgehead atoms. The first-order valence-electron chi connectivity index (χ1n) is 4.54. The van der Waals surface area contributed by atoms with Crippen molar-refractivity contribution in [3.05, 3.63) is 6.42 Å². The van der Waals surface area contributed by atoms with Gasteiger partial charge in [0.2, 0.25) is 0 Å². The SMILES string of the molecule is [CH]1CCC1N1CCCCC1. The fourth-order valence-electron chi connectivity index (χ4n) is 1.90. The lowest BCUT2D eigenvalue weighted by atomic mass is 9.90. The Bertz CT molecular complexity index is 101. The molecule has 1 saturated heterocycles. The Morgan fingerprint density at radius 1 is 1.10 bits per heavy atom. The molecular weight excluding hydrogens is 122 g/mol. The standard InChI is InChI=1S/C9H16N/c1-2-7-10(8-3-1)9-5-4-6-9/h5,9H,1-4,6-8H2. The molecule has 0 spiro atoms. The first-order valence-corrected chi connectivity index (χ1v) is 4.54. The van der Waals surface area contributed by atoms with Gasteiger partial charge in [0, 0.05) is 6.04 Å². The molecule has 0 amide bonds. The van der Waals surface area contributed by atoms with Crippen LogP contribution in [-0.4, -0.2) is 24.0 Å². The predicted molar refractivity (Wildman–Crippen MR) is 42.7 cm³/mol. The van der Waals surface area contributed by atoms with Crippen LogP contribution in [0.2, 0.25) is 0 Å². The molecule has 1 atom stereocenters. The van der Waals surface area contributed by atoms with E-state index in [9.17, 15) is 0 Å². The minimum atomic E-state index is 0.875. The van der Waals surface area contributed by atoms with Crippen molar-refractivity contribution in [3.63, 3.8) is 0 Å². The summed E-state index contributed by atoms with van der Waals surface area (Å²) in [5.74, 6) is 0. The van der Waals surface area contributed by atoms with E-state index in [1.807, 2.05) is 0 Å². The zero-order valence-electron chi connectivity index (χ0n) is 6.55. The molecule has 2 aliphatic rings. The van der Waals surface area contributed by atoms with Crippen molar-refractivity contribution in [3.8, 4) is 0 Å². The maximum atomic E-state index is 2.65. The first kappa shape index (κ1) is 6.66. The summed E-state index contributed by atoms with van der Waals surface area (Å²) < 4.78 is 0. The van der Waals surface area contributed by atoms with Gasteiger partial charge in [0.1, 0.15) is 0 Å². The molecule has 1 saturated carbocycles. The van der Waals surface area contributed by atoms with Crippen LogP contribution >= 0.6 is 0 Å². The quantitative estimate of drug-likeness (QED) is 0.534. The molecule has 2 rings (SSSR count). The average Bonchev–Trinajstić information content (AvgIpc) is 1.86. The van der Waals surface area contributed by atoms with Gasteiger partial charge < -0.3 is 4.90 Å². The topological polar surface area (TPSA) is 3.24 Å². The molecule has 1 heterocycles. The van der Waals surface area contributed by atoms with E-state index in [2.05, 4.69) is 11.3 Å². The summed E-state index contributed by atoms with van der Waals surface area (Å²) in [6, 6.07) is 0.875. The molecule has 1 aliphatic heterocycles. The summed E-state index contributed by atoms with van der Waals surface area (Å²) in [5, 5.41) is 0. The molecule has 0 aromatic rings. The monoisotopic (exact) mass is 138 g/mol. The third kappa shape index (κ3) is 1.20. The van der Waals surface area contributed by atoms with E-state index < -0.39 is 0 Å². The van der Waals surface area contributed by atoms with Crippen LogP contribution in [0, 0.1) is 6.42 Å². The average molecular weight is 138 g/mol. The Kier molecular flexibility index (Phi) is 1.94. The number of rotatable bonds is 1. The van der Waals surface area contributed by atoms with E-state index in [1.165, 1.54) is 45.2 Å². The van der Waals surface area contributed by atoms with Crippen LogP contribution < -0.4 is 0 Å². The van der Waals surface area contributed by atoms with Crippen LogP contribution in [-0.2, 0) is 0 Å². The van der Waals surface area contributed by atoms with Crippen molar-refractivity contribution in [1.29, 1.82) is 0 Å². The summed E-state index contributed by atoms with van der Waals surface area (Å²) >= 11 is 0. The maximum Gasteiger partial charge on any atom is 0.0127 e.